The van der Waals surface area contributed by atoms with Gasteiger partial charge in [-0.3, -0.25) is 4.79 Å². The molecular formula is C13H24N2O2. The van der Waals surface area contributed by atoms with Gasteiger partial charge in [-0.05, 0) is 38.1 Å². The number of ether oxygens (including phenoxy) is 1. The van der Waals surface area contributed by atoms with Gasteiger partial charge in [0.25, 0.3) is 0 Å². The Bertz CT molecular complexity index is 252. The number of carbonyl (C=O) groups excluding carboxylic acids is 1. The zero-order valence-corrected chi connectivity index (χ0v) is 10.7. The molecule has 3 unspecified atom stereocenters. The highest BCUT2D eigenvalue weighted by Gasteiger charge is 2.24. The van der Waals surface area contributed by atoms with Gasteiger partial charge in [-0.25, -0.2) is 0 Å². The van der Waals surface area contributed by atoms with E-state index in [-0.39, 0.29) is 5.91 Å². The Labute approximate surface area is 103 Å². The number of nitrogens with one attached hydrogen (secondary N) is 2. The van der Waals surface area contributed by atoms with Crippen LogP contribution in [0.5, 0.6) is 0 Å². The summed E-state index contributed by atoms with van der Waals surface area (Å²) in [6, 6.07) is 0.315. The Hall–Kier alpha value is -0.610. The molecule has 17 heavy (non-hydrogen) atoms. The van der Waals surface area contributed by atoms with E-state index in [2.05, 4.69) is 17.6 Å². The summed E-state index contributed by atoms with van der Waals surface area (Å²) in [5.74, 6) is 0.726. The molecule has 0 saturated carbocycles. The first-order valence-corrected chi connectivity index (χ1v) is 6.87. The molecule has 2 fully saturated rings. The van der Waals surface area contributed by atoms with Crippen molar-refractivity contribution in [1.82, 2.24) is 10.6 Å². The SMILES string of the molecule is CC1CNCC1NC(=O)CCC1CCCCO1. The smallest absolute Gasteiger partial charge is 0.220 e. The Morgan fingerprint density at radius 3 is 2.94 bits per heavy atom. The van der Waals surface area contributed by atoms with E-state index in [1.165, 1.54) is 12.8 Å². The monoisotopic (exact) mass is 240 g/mol. The van der Waals surface area contributed by atoms with Gasteiger partial charge in [-0.15, -0.1) is 0 Å². The molecule has 2 rings (SSSR count). The molecule has 0 aliphatic carbocycles. The molecule has 2 saturated heterocycles. The van der Waals surface area contributed by atoms with Crippen molar-refractivity contribution in [2.75, 3.05) is 19.7 Å². The van der Waals surface area contributed by atoms with Crippen molar-refractivity contribution < 1.29 is 9.53 Å². The second-order valence-corrected chi connectivity index (χ2v) is 5.34. The first-order valence-electron chi connectivity index (χ1n) is 6.87. The highest BCUT2D eigenvalue weighted by atomic mass is 16.5. The molecule has 0 aromatic carbocycles. The Balaban J connectivity index is 1.63. The molecule has 0 bridgehead atoms. The first-order chi connectivity index (χ1) is 8.25. The average molecular weight is 240 g/mol. The van der Waals surface area contributed by atoms with Crippen molar-refractivity contribution in [3.8, 4) is 0 Å². The number of rotatable bonds is 4. The molecule has 2 heterocycles. The fraction of sp³-hybridized carbons (Fsp3) is 0.923. The Morgan fingerprint density at radius 2 is 2.29 bits per heavy atom. The number of amides is 1. The highest BCUT2D eigenvalue weighted by Crippen LogP contribution is 2.17. The quantitative estimate of drug-likeness (QED) is 0.772. The molecule has 0 spiro atoms. The van der Waals surface area contributed by atoms with Gasteiger partial charge in [0, 0.05) is 25.6 Å². The second kappa shape index (κ2) is 6.36. The van der Waals surface area contributed by atoms with E-state index in [1.54, 1.807) is 0 Å². The summed E-state index contributed by atoms with van der Waals surface area (Å²) in [6.07, 6.45) is 5.33. The van der Waals surface area contributed by atoms with Crippen molar-refractivity contribution in [3.63, 3.8) is 0 Å². The third kappa shape index (κ3) is 3.96. The van der Waals surface area contributed by atoms with E-state index in [9.17, 15) is 4.79 Å². The van der Waals surface area contributed by atoms with Crippen LogP contribution in [0.4, 0.5) is 0 Å². The molecule has 0 aromatic heterocycles. The topological polar surface area (TPSA) is 50.4 Å². The number of hydrogen-bond donors (Lipinski definition) is 2. The minimum Gasteiger partial charge on any atom is -0.378 e. The number of hydrogen-bond acceptors (Lipinski definition) is 3. The zero-order chi connectivity index (χ0) is 12.1. The lowest BCUT2D eigenvalue weighted by Gasteiger charge is -2.23. The maximum atomic E-state index is 11.8. The molecule has 4 heteroatoms. The van der Waals surface area contributed by atoms with Crippen molar-refractivity contribution in [1.29, 1.82) is 0 Å². The summed E-state index contributed by atoms with van der Waals surface area (Å²) >= 11 is 0. The molecular weight excluding hydrogens is 216 g/mol. The summed E-state index contributed by atoms with van der Waals surface area (Å²) in [5, 5.41) is 6.40. The van der Waals surface area contributed by atoms with Crippen LogP contribution in [0.3, 0.4) is 0 Å². The van der Waals surface area contributed by atoms with Crippen LogP contribution in [-0.2, 0) is 9.53 Å². The lowest BCUT2D eigenvalue weighted by Crippen LogP contribution is -2.39. The van der Waals surface area contributed by atoms with E-state index >= 15 is 0 Å². The van der Waals surface area contributed by atoms with Crippen molar-refractivity contribution >= 4 is 5.91 Å². The fourth-order valence-electron chi connectivity index (χ4n) is 2.61. The van der Waals surface area contributed by atoms with Crippen LogP contribution in [0.2, 0.25) is 0 Å². The van der Waals surface area contributed by atoms with Crippen LogP contribution in [0.25, 0.3) is 0 Å². The predicted octanol–water partition coefficient (Wildman–Crippen LogP) is 1.06. The van der Waals surface area contributed by atoms with E-state index in [0.717, 1.165) is 32.5 Å². The maximum absolute atomic E-state index is 11.8. The van der Waals surface area contributed by atoms with Gasteiger partial charge in [-0.2, -0.15) is 0 Å². The fourth-order valence-corrected chi connectivity index (χ4v) is 2.61. The molecule has 2 N–H and O–H groups in total. The van der Waals surface area contributed by atoms with Crippen LogP contribution in [0.15, 0.2) is 0 Å². The first kappa shape index (κ1) is 12.8. The third-order valence-corrected chi connectivity index (χ3v) is 3.83. The van der Waals surface area contributed by atoms with Gasteiger partial charge in [-0.1, -0.05) is 6.92 Å². The molecule has 2 aliphatic rings. The van der Waals surface area contributed by atoms with Gasteiger partial charge >= 0.3 is 0 Å². The summed E-state index contributed by atoms with van der Waals surface area (Å²) in [7, 11) is 0. The lowest BCUT2D eigenvalue weighted by molar-refractivity contribution is -0.122. The van der Waals surface area contributed by atoms with Crippen LogP contribution in [-0.4, -0.2) is 37.7 Å². The van der Waals surface area contributed by atoms with Gasteiger partial charge in [0.1, 0.15) is 0 Å². The second-order valence-electron chi connectivity index (χ2n) is 5.34. The third-order valence-electron chi connectivity index (χ3n) is 3.83. The number of carbonyl (C=O) groups is 1. The summed E-state index contributed by atoms with van der Waals surface area (Å²) in [5.41, 5.74) is 0. The standard InChI is InChI=1S/C13H24N2O2/c1-10-8-14-9-12(10)15-13(16)6-5-11-4-2-3-7-17-11/h10-12,14H,2-9H2,1H3,(H,15,16). The van der Waals surface area contributed by atoms with Gasteiger partial charge in [0.2, 0.25) is 5.91 Å². The van der Waals surface area contributed by atoms with Crippen LogP contribution in [0.1, 0.15) is 39.0 Å². The Morgan fingerprint density at radius 1 is 1.41 bits per heavy atom. The van der Waals surface area contributed by atoms with Crippen molar-refractivity contribution in [2.45, 2.75) is 51.2 Å². The van der Waals surface area contributed by atoms with Gasteiger partial charge < -0.3 is 15.4 Å². The molecule has 3 atom stereocenters. The molecule has 2 aliphatic heterocycles. The minimum atomic E-state index is 0.180. The lowest BCUT2D eigenvalue weighted by atomic mass is 10.0. The van der Waals surface area contributed by atoms with E-state index in [0.29, 0.717) is 24.5 Å². The molecule has 0 aromatic rings. The van der Waals surface area contributed by atoms with Crippen molar-refractivity contribution in [2.24, 2.45) is 5.92 Å². The molecule has 0 radical (unpaired) electrons. The van der Waals surface area contributed by atoms with Gasteiger partial charge in [0.05, 0.1) is 6.10 Å². The van der Waals surface area contributed by atoms with Crippen LogP contribution < -0.4 is 10.6 Å². The summed E-state index contributed by atoms with van der Waals surface area (Å²) in [6.45, 7) is 4.97. The van der Waals surface area contributed by atoms with E-state index < -0.39 is 0 Å². The molecule has 98 valence electrons. The van der Waals surface area contributed by atoms with Crippen LogP contribution in [0, 0.1) is 5.92 Å². The summed E-state index contributed by atoms with van der Waals surface area (Å²) in [4.78, 5) is 11.8. The summed E-state index contributed by atoms with van der Waals surface area (Å²) < 4.78 is 5.63. The molecule has 4 nitrogen and oxygen atoms in total. The minimum absolute atomic E-state index is 0.180. The Kier molecular flexibility index (Phi) is 4.80. The largest absolute Gasteiger partial charge is 0.378 e. The van der Waals surface area contributed by atoms with Crippen LogP contribution >= 0.6 is 0 Å². The predicted molar refractivity (Wildman–Crippen MR) is 66.8 cm³/mol. The maximum Gasteiger partial charge on any atom is 0.220 e. The van der Waals surface area contributed by atoms with Crippen molar-refractivity contribution in [3.05, 3.63) is 0 Å². The highest BCUT2D eigenvalue weighted by molar-refractivity contribution is 5.76. The zero-order valence-electron chi connectivity index (χ0n) is 10.7. The molecule has 1 amide bonds. The average Bonchev–Trinajstić information content (AvgIpc) is 2.74. The normalized spacial score (nSPS) is 33.6. The van der Waals surface area contributed by atoms with Gasteiger partial charge in [0.15, 0.2) is 0 Å². The van der Waals surface area contributed by atoms with E-state index in [1.807, 2.05) is 0 Å². The van der Waals surface area contributed by atoms with E-state index in [4.69, 9.17) is 4.74 Å².